The van der Waals surface area contributed by atoms with Crippen LogP contribution in [0.1, 0.15) is 19.8 Å². The minimum atomic E-state index is -3.54. The van der Waals surface area contributed by atoms with E-state index >= 15 is 0 Å². The van der Waals surface area contributed by atoms with Gasteiger partial charge in [-0.2, -0.15) is 0 Å². The fraction of sp³-hybridized carbons (Fsp3) is 0.889. The van der Waals surface area contributed by atoms with Crippen molar-refractivity contribution in [3.8, 4) is 0 Å². The third kappa shape index (κ3) is 8.43. The molecule has 9 heteroatoms. The summed E-state index contributed by atoms with van der Waals surface area (Å²) in [5, 5.41) is 0. The molecule has 0 heterocycles. The van der Waals surface area contributed by atoms with Gasteiger partial charge in [-0.05, 0) is 6.42 Å². The molecular weight excluding hydrogens is 282 g/mol. The van der Waals surface area contributed by atoms with E-state index in [1.165, 1.54) is 14.0 Å². The number of ether oxygens (including phenoxy) is 1. The summed E-state index contributed by atoms with van der Waals surface area (Å²) < 4.78 is 51.6. The first-order chi connectivity index (χ1) is 8.22. The fourth-order valence-electron chi connectivity index (χ4n) is 1.08. The topological polar surface area (TPSA) is 107 Å². The van der Waals surface area contributed by atoms with Gasteiger partial charge in [0.2, 0.25) is 10.0 Å². The zero-order valence-corrected chi connectivity index (χ0v) is 12.1. The van der Waals surface area contributed by atoms with Gasteiger partial charge in [-0.1, -0.05) is 6.92 Å². The molecule has 0 saturated heterocycles. The van der Waals surface area contributed by atoms with Gasteiger partial charge in [0.05, 0.1) is 18.6 Å². The zero-order valence-electron chi connectivity index (χ0n) is 10.5. The highest BCUT2D eigenvalue weighted by Crippen LogP contribution is 1.97. The quantitative estimate of drug-likeness (QED) is 0.564. The van der Waals surface area contributed by atoms with Gasteiger partial charge in [-0.15, -0.1) is 0 Å². The molecule has 7 nitrogen and oxygen atoms in total. The first-order valence-electron chi connectivity index (χ1n) is 5.47. The van der Waals surface area contributed by atoms with Crippen molar-refractivity contribution in [1.82, 2.24) is 4.72 Å². The second-order valence-electron chi connectivity index (χ2n) is 3.63. The summed E-state index contributed by atoms with van der Waals surface area (Å²) in [7, 11) is -5.49. The first-order valence-corrected chi connectivity index (χ1v) is 8.94. The Balaban J connectivity index is 3.99. The molecule has 0 aliphatic carbocycles. The number of methoxy groups -OCH3 is 1. The molecule has 0 bridgehead atoms. The van der Waals surface area contributed by atoms with Gasteiger partial charge < -0.3 is 4.74 Å². The number of sulfonamides is 1. The van der Waals surface area contributed by atoms with E-state index in [0.29, 0.717) is 0 Å². The minimum Gasteiger partial charge on any atom is -0.469 e. The van der Waals surface area contributed by atoms with Crippen molar-refractivity contribution in [2.45, 2.75) is 19.8 Å². The van der Waals surface area contributed by atoms with Crippen molar-refractivity contribution in [1.29, 1.82) is 0 Å². The van der Waals surface area contributed by atoms with Crippen molar-refractivity contribution >= 4 is 25.8 Å². The smallest absolute Gasteiger partial charge is 0.305 e. The highest BCUT2D eigenvalue weighted by molar-refractivity contribution is 7.91. The summed E-state index contributed by atoms with van der Waals surface area (Å²) >= 11 is 0. The lowest BCUT2D eigenvalue weighted by Gasteiger charge is -2.06. The largest absolute Gasteiger partial charge is 0.469 e. The van der Waals surface area contributed by atoms with Crippen LogP contribution in [0.4, 0.5) is 0 Å². The SMILES string of the molecule is CCS(=O)(=O)CCNS(=O)(=O)CCCC(=O)OC. The van der Waals surface area contributed by atoms with E-state index in [4.69, 9.17) is 0 Å². The molecular formula is C9H19NO6S2. The number of nitrogens with one attached hydrogen (secondary N) is 1. The maximum atomic E-state index is 11.4. The Morgan fingerprint density at radius 3 is 2.28 bits per heavy atom. The van der Waals surface area contributed by atoms with E-state index in [0.717, 1.165) is 0 Å². The summed E-state index contributed by atoms with van der Waals surface area (Å²) in [6.45, 7) is 1.36. The lowest BCUT2D eigenvalue weighted by atomic mass is 10.3. The van der Waals surface area contributed by atoms with Crippen LogP contribution in [0, 0.1) is 0 Å². The van der Waals surface area contributed by atoms with Gasteiger partial charge in [-0.3, -0.25) is 4.79 Å². The highest BCUT2D eigenvalue weighted by atomic mass is 32.2. The van der Waals surface area contributed by atoms with Gasteiger partial charge in [0.15, 0.2) is 9.84 Å². The van der Waals surface area contributed by atoms with E-state index in [1.54, 1.807) is 0 Å². The van der Waals surface area contributed by atoms with Crippen LogP contribution in [0.5, 0.6) is 0 Å². The standard InChI is InChI=1S/C9H19NO6S2/c1-3-17(12,13)8-6-10-18(14,15)7-4-5-9(11)16-2/h10H,3-8H2,1-2H3. The molecule has 0 radical (unpaired) electrons. The molecule has 0 aliphatic heterocycles. The van der Waals surface area contributed by atoms with Gasteiger partial charge in [0.1, 0.15) is 0 Å². The summed E-state index contributed by atoms with van der Waals surface area (Å²) in [5.74, 6) is -0.941. The van der Waals surface area contributed by atoms with Crippen LogP contribution in [0.2, 0.25) is 0 Å². The van der Waals surface area contributed by atoms with Crippen LogP contribution in [0.25, 0.3) is 0 Å². The lowest BCUT2D eigenvalue weighted by molar-refractivity contribution is -0.140. The second-order valence-corrected chi connectivity index (χ2v) is 8.03. The van der Waals surface area contributed by atoms with E-state index < -0.39 is 25.8 Å². The Kier molecular flexibility index (Phi) is 7.41. The molecule has 0 spiro atoms. The molecule has 18 heavy (non-hydrogen) atoms. The van der Waals surface area contributed by atoms with Crippen LogP contribution in [-0.4, -0.2) is 53.7 Å². The third-order valence-electron chi connectivity index (χ3n) is 2.20. The zero-order chi connectivity index (χ0) is 14.2. The van der Waals surface area contributed by atoms with Crippen LogP contribution < -0.4 is 4.72 Å². The number of carbonyl (C=O) groups excluding carboxylic acids is 1. The Labute approximate surface area is 108 Å². The van der Waals surface area contributed by atoms with E-state index in [1.807, 2.05) is 0 Å². The minimum absolute atomic E-state index is 0.0168. The van der Waals surface area contributed by atoms with Gasteiger partial charge in [-0.25, -0.2) is 21.6 Å². The van der Waals surface area contributed by atoms with Gasteiger partial charge >= 0.3 is 5.97 Å². The number of sulfone groups is 1. The average molecular weight is 301 g/mol. The summed E-state index contributed by atoms with van der Waals surface area (Å²) in [4.78, 5) is 10.8. The van der Waals surface area contributed by atoms with Crippen molar-refractivity contribution in [3.05, 3.63) is 0 Å². The average Bonchev–Trinajstić information content (AvgIpc) is 2.28. The van der Waals surface area contributed by atoms with E-state index in [-0.39, 0.29) is 36.6 Å². The highest BCUT2D eigenvalue weighted by Gasteiger charge is 2.13. The molecule has 0 rings (SSSR count). The molecule has 0 aliphatic rings. The molecule has 108 valence electrons. The van der Waals surface area contributed by atoms with Gasteiger partial charge in [0, 0.05) is 18.7 Å². The van der Waals surface area contributed by atoms with Crippen LogP contribution in [0.15, 0.2) is 0 Å². The lowest BCUT2D eigenvalue weighted by Crippen LogP contribution is -2.31. The molecule has 0 aromatic carbocycles. The normalized spacial score (nSPS) is 12.3. The van der Waals surface area contributed by atoms with Crippen molar-refractivity contribution in [2.24, 2.45) is 0 Å². The van der Waals surface area contributed by atoms with Crippen molar-refractivity contribution < 1.29 is 26.4 Å². The number of hydrogen-bond donors (Lipinski definition) is 1. The number of esters is 1. The molecule has 0 aromatic heterocycles. The predicted octanol–water partition coefficient (Wildman–Crippen LogP) is -0.706. The monoisotopic (exact) mass is 301 g/mol. The summed E-state index contributed by atoms with van der Waals surface area (Å²) in [6, 6.07) is 0. The molecule has 0 atom stereocenters. The first kappa shape index (κ1) is 17.3. The molecule has 0 saturated carbocycles. The summed E-state index contributed by atoms with van der Waals surface area (Å²) in [5.41, 5.74) is 0. The second kappa shape index (κ2) is 7.70. The Morgan fingerprint density at radius 2 is 1.78 bits per heavy atom. The third-order valence-corrected chi connectivity index (χ3v) is 5.37. The predicted molar refractivity (Wildman–Crippen MR) is 67.4 cm³/mol. The van der Waals surface area contributed by atoms with Gasteiger partial charge in [0.25, 0.3) is 0 Å². The fourth-order valence-corrected chi connectivity index (χ4v) is 2.99. The maximum Gasteiger partial charge on any atom is 0.305 e. The van der Waals surface area contributed by atoms with Crippen LogP contribution in [0.3, 0.4) is 0 Å². The molecule has 0 unspecified atom stereocenters. The maximum absolute atomic E-state index is 11.4. The Hall–Kier alpha value is -0.670. The van der Waals surface area contributed by atoms with E-state index in [2.05, 4.69) is 9.46 Å². The molecule has 0 aromatic rings. The summed E-state index contributed by atoms with van der Waals surface area (Å²) in [6.07, 6.45) is 0.160. The van der Waals surface area contributed by atoms with Crippen molar-refractivity contribution in [2.75, 3.05) is 30.9 Å². The Bertz CT molecular complexity index is 453. The molecule has 0 fully saturated rings. The van der Waals surface area contributed by atoms with Crippen LogP contribution in [-0.2, 0) is 29.4 Å². The van der Waals surface area contributed by atoms with Crippen LogP contribution >= 0.6 is 0 Å². The molecule has 1 N–H and O–H groups in total. The number of hydrogen-bond acceptors (Lipinski definition) is 6. The van der Waals surface area contributed by atoms with E-state index in [9.17, 15) is 21.6 Å². The van der Waals surface area contributed by atoms with Crippen molar-refractivity contribution in [3.63, 3.8) is 0 Å². The number of carbonyl (C=O) groups is 1. The number of rotatable bonds is 9. The molecule has 0 amide bonds. The Morgan fingerprint density at radius 1 is 1.17 bits per heavy atom.